The van der Waals surface area contributed by atoms with E-state index in [1.165, 1.54) is 5.56 Å². The fourth-order valence-electron chi connectivity index (χ4n) is 1.55. The van der Waals surface area contributed by atoms with Crippen molar-refractivity contribution in [1.82, 2.24) is 15.1 Å². The number of nitrogens with zero attached hydrogens (tertiary/aromatic N) is 2. The molecule has 0 amide bonds. The molecule has 1 N–H and O–H groups in total. The molecule has 0 aliphatic carbocycles. The lowest BCUT2D eigenvalue weighted by Gasteiger charge is -2.29. The summed E-state index contributed by atoms with van der Waals surface area (Å²) in [6.07, 6.45) is 4.09. The molecule has 0 fully saturated rings. The second-order valence-corrected chi connectivity index (χ2v) is 7.21. The summed E-state index contributed by atoms with van der Waals surface area (Å²) in [5.41, 5.74) is 1.65. The van der Waals surface area contributed by atoms with Crippen LogP contribution in [0.4, 0.5) is 0 Å². The second-order valence-electron chi connectivity index (χ2n) is 7.21. The van der Waals surface area contributed by atoms with Crippen LogP contribution in [0.5, 0.6) is 0 Å². The molecular weight excluding hydrogens is 222 g/mol. The minimum Gasteiger partial charge on any atom is -0.312 e. The Hall–Kier alpha value is -0.830. The van der Waals surface area contributed by atoms with Crippen LogP contribution in [0.15, 0.2) is 12.4 Å². The van der Waals surface area contributed by atoms with Crippen LogP contribution in [0.2, 0.25) is 0 Å². The average molecular weight is 251 g/mol. The molecule has 0 aromatic carbocycles. The van der Waals surface area contributed by atoms with Crippen molar-refractivity contribution in [3.8, 4) is 0 Å². The molecule has 0 aliphatic rings. The highest BCUT2D eigenvalue weighted by Gasteiger charge is 2.21. The minimum atomic E-state index is 0.0649. The van der Waals surface area contributed by atoms with Crippen molar-refractivity contribution in [2.24, 2.45) is 11.3 Å². The summed E-state index contributed by atoms with van der Waals surface area (Å²) in [7, 11) is 0. The van der Waals surface area contributed by atoms with Gasteiger partial charge in [0.15, 0.2) is 0 Å². The first kappa shape index (κ1) is 15.2. The summed E-state index contributed by atoms with van der Waals surface area (Å²) in [4.78, 5) is 0. The zero-order valence-electron chi connectivity index (χ0n) is 13.0. The first-order valence-electron chi connectivity index (χ1n) is 6.87. The van der Waals surface area contributed by atoms with E-state index in [2.05, 4.69) is 65.1 Å². The Kier molecular flexibility index (Phi) is 4.60. The molecule has 0 aliphatic heterocycles. The normalized spacial score (nSPS) is 13.3. The Bertz CT molecular complexity index is 369. The predicted octanol–water partition coefficient (Wildman–Crippen LogP) is 3.41. The quantitative estimate of drug-likeness (QED) is 0.869. The largest absolute Gasteiger partial charge is 0.312 e. The highest BCUT2D eigenvalue weighted by molar-refractivity contribution is 5.05. The molecule has 104 valence electrons. The van der Waals surface area contributed by atoms with Gasteiger partial charge in [-0.25, -0.2) is 0 Å². The standard InChI is InChI=1S/C15H29N3/c1-12(2)15(6,7)11-16-8-13-9-17-18(10-13)14(3,4)5/h9-10,12,16H,8,11H2,1-7H3. The highest BCUT2D eigenvalue weighted by atomic mass is 15.3. The van der Waals surface area contributed by atoms with Gasteiger partial charge in [0.25, 0.3) is 0 Å². The first-order valence-corrected chi connectivity index (χ1v) is 6.87. The van der Waals surface area contributed by atoms with E-state index in [1.54, 1.807) is 0 Å². The van der Waals surface area contributed by atoms with Gasteiger partial charge < -0.3 is 5.32 Å². The second kappa shape index (κ2) is 5.43. The van der Waals surface area contributed by atoms with Crippen molar-refractivity contribution in [1.29, 1.82) is 0 Å². The van der Waals surface area contributed by atoms with Crippen molar-refractivity contribution in [2.45, 2.75) is 60.5 Å². The van der Waals surface area contributed by atoms with E-state index in [4.69, 9.17) is 0 Å². The van der Waals surface area contributed by atoms with Gasteiger partial charge in [-0.15, -0.1) is 0 Å². The molecule has 0 unspecified atom stereocenters. The molecule has 1 aromatic heterocycles. The van der Waals surface area contributed by atoms with Crippen molar-refractivity contribution in [3.05, 3.63) is 18.0 Å². The molecule has 0 spiro atoms. The lowest BCUT2D eigenvalue weighted by Crippen LogP contribution is -2.33. The molecule has 0 radical (unpaired) electrons. The maximum Gasteiger partial charge on any atom is 0.0543 e. The molecule has 0 bridgehead atoms. The van der Waals surface area contributed by atoms with Gasteiger partial charge in [0, 0.05) is 24.8 Å². The van der Waals surface area contributed by atoms with Crippen LogP contribution in [-0.4, -0.2) is 16.3 Å². The van der Waals surface area contributed by atoms with E-state index >= 15 is 0 Å². The molecule has 1 aromatic rings. The zero-order chi connectivity index (χ0) is 14.0. The van der Waals surface area contributed by atoms with Crippen LogP contribution in [0.3, 0.4) is 0 Å². The summed E-state index contributed by atoms with van der Waals surface area (Å²) in [6, 6.07) is 0. The summed E-state index contributed by atoms with van der Waals surface area (Å²) in [6.45, 7) is 17.6. The zero-order valence-corrected chi connectivity index (χ0v) is 13.0. The molecule has 0 saturated carbocycles. The number of rotatable bonds is 5. The number of aromatic nitrogens is 2. The van der Waals surface area contributed by atoms with Crippen LogP contribution < -0.4 is 5.32 Å². The van der Waals surface area contributed by atoms with Gasteiger partial charge in [0.2, 0.25) is 0 Å². The Morgan fingerprint density at radius 2 is 1.83 bits per heavy atom. The number of nitrogens with one attached hydrogen (secondary N) is 1. The maximum absolute atomic E-state index is 4.41. The van der Waals surface area contributed by atoms with Gasteiger partial charge in [-0.05, 0) is 32.1 Å². The lowest BCUT2D eigenvalue weighted by molar-refractivity contribution is 0.238. The van der Waals surface area contributed by atoms with E-state index in [-0.39, 0.29) is 5.54 Å². The lowest BCUT2D eigenvalue weighted by atomic mass is 9.81. The van der Waals surface area contributed by atoms with Gasteiger partial charge in [0.05, 0.1) is 11.7 Å². The monoisotopic (exact) mass is 251 g/mol. The highest BCUT2D eigenvalue weighted by Crippen LogP contribution is 2.24. The molecule has 18 heavy (non-hydrogen) atoms. The fourth-order valence-corrected chi connectivity index (χ4v) is 1.55. The van der Waals surface area contributed by atoms with Gasteiger partial charge in [0.1, 0.15) is 0 Å². The fraction of sp³-hybridized carbons (Fsp3) is 0.800. The van der Waals surface area contributed by atoms with Gasteiger partial charge in [-0.3, -0.25) is 4.68 Å². The molecule has 1 heterocycles. The summed E-state index contributed by atoms with van der Waals surface area (Å²) >= 11 is 0. The average Bonchev–Trinajstić information content (AvgIpc) is 2.65. The molecule has 3 nitrogen and oxygen atoms in total. The topological polar surface area (TPSA) is 29.9 Å². The van der Waals surface area contributed by atoms with E-state index in [9.17, 15) is 0 Å². The smallest absolute Gasteiger partial charge is 0.0543 e. The Morgan fingerprint density at radius 1 is 1.22 bits per heavy atom. The maximum atomic E-state index is 4.41. The molecular formula is C15H29N3. The third-order valence-electron chi connectivity index (χ3n) is 3.80. The van der Waals surface area contributed by atoms with Crippen LogP contribution in [0.1, 0.15) is 54.0 Å². The van der Waals surface area contributed by atoms with Crippen molar-refractivity contribution in [3.63, 3.8) is 0 Å². The number of hydrogen-bond acceptors (Lipinski definition) is 2. The van der Waals surface area contributed by atoms with Crippen LogP contribution in [0, 0.1) is 11.3 Å². The molecule has 0 saturated heterocycles. The Labute approximate surface area is 112 Å². The minimum absolute atomic E-state index is 0.0649. The predicted molar refractivity (Wildman–Crippen MR) is 77.5 cm³/mol. The van der Waals surface area contributed by atoms with E-state index in [0.717, 1.165) is 13.1 Å². The van der Waals surface area contributed by atoms with E-state index in [0.29, 0.717) is 11.3 Å². The van der Waals surface area contributed by atoms with Gasteiger partial charge in [-0.2, -0.15) is 5.10 Å². The van der Waals surface area contributed by atoms with Gasteiger partial charge >= 0.3 is 0 Å². The summed E-state index contributed by atoms with van der Waals surface area (Å²) < 4.78 is 2.03. The summed E-state index contributed by atoms with van der Waals surface area (Å²) in [5.74, 6) is 0.683. The number of hydrogen-bond donors (Lipinski definition) is 1. The first-order chi connectivity index (χ1) is 8.13. The molecule has 3 heteroatoms. The molecule has 0 atom stereocenters. The van der Waals surface area contributed by atoms with Crippen molar-refractivity contribution < 1.29 is 0 Å². The van der Waals surface area contributed by atoms with E-state index in [1.807, 2.05) is 10.9 Å². The summed E-state index contributed by atoms with van der Waals surface area (Å²) in [5, 5.41) is 7.95. The van der Waals surface area contributed by atoms with Crippen LogP contribution >= 0.6 is 0 Å². The van der Waals surface area contributed by atoms with Crippen molar-refractivity contribution in [2.75, 3.05) is 6.54 Å². The molecule has 1 rings (SSSR count). The third-order valence-corrected chi connectivity index (χ3v) is 3.80. The third kappa shape index (κ3) is 4.13. The Morgan fingerprint density at radius 3 is 2.28 bits per heavy atom. The van der Waals surface area contributed by atoms with Crippen LogP contribution in [-0.2, 0) is 12.1 Å². The SMILES string of the molecule is CC(C)C(C)(C)CNCc1cnn(C(C)(C)C)c1. The Balaban J connectivity index is 2.48. The van der Waals surface area contributed by atoms with Crippen molar-refractivity contribution >= 4 is 0 Å². The van der Waals surface area contributed by atoms with Gasteiger partial charge in [-0.1, -0.05) is 27.7 Å². The van der Waals surface area contributed by atoms with E-state index < -0.39 is 0 Å². The van der Waals surface area contributed by atoms with Crippen LogP contribution in [0.25, 0.3) is 0 Å².